The first kappa shape index (κ1) is 23.2. The van der Waals surface area contributed by atoms with Crippen LogP contribution in [0.1, 0.15) is 28.4 Å². The second-order valence-corrected chi connectivity index (χ2v) is 8.30. The van der Waals surface area contributed by atoms with Gasteiger partial charge in [-0.05, 0) is 62.2 Å². The average Bonchev–Trinajstić information content (AvgIpc) is 2.72. The van der Waals surface area contributed by atoms with Gasteiger partial charge in [0.05, 0.1) is 37.0 Å². The molecule has 2 aromatic carbocycles. The molecule has 8 nitrogen and oxygen atoms in total. The van der Waals surface area contributed by atoms with Gasteiger partial charge in [-0.15, -0.1) is 0 Å². The maximum absolute atomic E-state index is 13.5. The largest absolute Gasteiger partial charge is 0.496 e. The number of aryl methyl sites for hydroxylation is 2. The molecule has 0 fully saturated rings. The molecular weight excluding hydrogens is 410 g/mol. The molecule has 0 aliphatic carbocycles. The molecule has 0 saturated carbocycles. The molecule has 30 heavy (non-hydrogen) atoms. The highest BCUT2D eigenvalue weighted by molar-refractivity contribution is 7.92. The van der Waals surface area contributed by atoms with E-state index in [0.29, 0.717) is 16.9 Å². The van der Waals surface area contributed by atoms with Crippen LogP contribution in [0.4, 0.5) is 5.69 Å². The highest BCUT2D eigenvalue weighted by Crippen LogP contribution is 2.30. The maximum Gasteiger partial charge on any atom is 0.337 e. The summed E-state index contributed by atoms with van der Waals surface area (Å²) < 4.78 is 42.8. The van der Waals surface area contributed by atoms with Crippen molar-refractivity contribution in [3.8, 4) is 5.75 Å². The Morgan fingerprint density at radius 2 is 1.70 bits per heavy atom. The fourth-order valence-corrected chi connectivity index (χ4v) is 4.44. The minimum Gasteiger partial charge on any atom is -0.496 e. The minimum atomic E-state index is -4.16. The summed E-state index contributed by atoms with van der Waals surface area (Å²) >= 11 is 0. The van der Waals surface area contributed by atoms with Gasteiger partial charge in [0.1, 0.15) is 12.3 Å². The molecule has 0 saturated heterocycles. The van der Waals surface area contributed by atoms with Crippen LogP contribution in [0.15, 0.2) is 41.3 Å². The van der Waals surface area contributed by atoms with Crippen molar-refractivity contribution in [1.82, 2.24) is 0 Å². The van der Waals surface area contributed by atoms with Gasteiger partial charge in [-0.1, -0.05) is 6.07 Å². The van der Waals surface area contributed by atoms with Crippen LogP contribution in [0, 0.1) is 13.8 Å². The summed E-state index contributed by atoms with van der Waals surface area (Å²) in [6, 6.07) is 8.91. The summed E-state index contributed by atoms with van der Waals surface area (Å²) in [6.45, 7) is 4.59. The molecule has 0 bridgehead atoms. The molecule has 0 unspecified atom stereocenters. The van der Waals surface area contributed by atoms with Crippen LogP contribution in [-0.4, -0.2) is 47.7 Å². The van der Waals surface area contributed by atoms with Crippen LogP contribution in [0.3, 0.4) is 0 Å². The third-order valence-electron chi connectivity index (χ3n) is 4.43. The number of nitrogens with zero attached hydrogens (tertiary/aromatic N) is 1. The normalized spacial score (nSPS) is 11.0. The lowest BCUT2D eigenvalue weighted by Crippen LogP contribution is -2.37. The predicted molar refractivity (Wildman–Crippen MR) is 111 cm³/mol. The molecule has 162 valence electrons. The fourth-order valence-electron chi connectivity index (χ4n) is 2.89. The van der Waals surface area contributed by atoms with E-state index in [-0.39, 0.29) is 22.8 Å². The van der Waals surface area contributed by atoms with Crippen molar-refractivity contribution in [3.05, 3.63) is 53.1 Å². The average molecular weight is 435 g/mol. The van der Waals surface area contributed by atoms with Gasteiger partial charge >= 0.3 is 11.9 Å². The van der Waals surface area contributed by atoms with Gasteiger partial charge in [0, 0.05) is 0 Å². The van der Waals surface area contributed by atoms with Crippen molar-refractivity contribution >= 4 is 27.6 Å². The zero-order valence-electron chi connectivity index (χ0n) is 17.6. The summed E-state index contributed by atoms with van der Waals surface area (Å²) in [5, 5.41) is 0. The standard InChI is InChI=1S/C21H25NO7S/c1-6-29-20(23)13-22(18-12-16(21(24)28-5)8-7-14(18)2)30(25,26)17-9-10-19(27-4)15(3)11-17/h7-12H,6,13H2,1-5H3. The van der Waals surface area contributed by atoms with Gasteiger partial charge in [0.25, 0.3) is 10.0 Å². The number of ether oxygens (including phenoxy) is 3. The molecular formula is C21H25NO7S. The molecule has 0 spiro atoms. The first-order chi connectivity index (χ1) is 14.1. The number of benzene rings is 2. The predicted octanol–water partition coefficient (Wildman–Crippen LogP) is 2.86. The van der Waals surface area contributed by atoms with Crippen LogP contribution < -0.4 is 9.04 Å². The molecule has 0 N–H and O–H groups in total. The SMILES string of the molecule is CCOC(=O)CN(c1cc(C(=O)OC)ccc1C)S(=O)(=O)c1ccc(OC)c(C)c1. The molecule has 2 aromatic rings. The van der Waals surface area contributed by atoms with E-state index in [1.54, 1.807) is 32.9 Å². The molecule has 0 heterocycles. The third-order valence-corrected chi connectivity index (χ3v) is 6.19. The van der Waals surface area contributed by atoms with Gasteiger partial charge in [0.2, 0.25) is 0 Å². The van der Waals surface area contributed by atoms with Crippen LogP contribution in [-0.2, 0) is 24.3 Å². The topological polar surface area (TPSA) is 99.2 Å². The Morgan fingerprint density at radius 1 is 1.00 bits per heavy atom. The van der Waals surface area contributed by atoms with E-state index in [1.165, 1.54) is 38.5 Å². The number of anilines is 1. The van der Waals surface area contributed by atoms with E-state index >= 15 is 0 Å². The summed E-state index contributed by atoms with van der Waals surface area (Å²) in [6.07, 6.45) is 0. The van der Waals surface area contributed by atoms with Gasteiger partial charge in [-0.2, -0.15) is 0 Å². The summed E-state index contributed by atoms with van der Waals surface area (Å²) in [4.78, 5) is 24.2. The second-order valence-electron chi connectivity index (χ2n) is 6.44. The van der Waals surface area contributed by atoms with Crippen LogP contribution in [0.5, 0.6) is 5.75 Å². The Kier molecular flexibility index (Phi) is 7.44. The van der Waals surface area contributed by atoms with Crippen molar-refractivity contribution < 1.29 is 32.2 Å². The Bertz CT molecular complexity index is 1050. The van der Waals surface area contributed by atoms with E-state index in [2.05, 4.69) is 0 Å². The lowest BCUT2D eigenvalue weighted by atomic mass is 10.1. The number of methoxy groups -OCH3 is 2. The van der Waals surface area contributed by atoms with Gasteiger partial charge in [0.15, 0.2) is 0 Å². The first-order valence-electron chi connectivity index (χ1n) is 9.17. The van der Waals surface area contributed by atoms with E-state index < -0.39 is 28.5 Å². The maximum atomic E-state index is 13.5. The minimum absolute atomic E-state index is 0.0204. The van der Waals surface area contributed by atoms with Crippen LogP contribution >= 0.6 is 0 Å². The number of carbonyl (C=O) groups excluding carboxylic acids is 2. The first-order valence-corrected chi connectivity index (χ1v) is 10.6. The van der Waals surface area contributed by atoms with Crippen LogP contribution in [0.2, 0.25) is 0 Å². The molecule has 9 heteroatoms. The molecule has 0 amide bonds. The van der Waals surface area contributed by atoms with Gasteiger partial charge in [-0.25, -0.2) is 13.2 Å². The molecule has 0 aliphatic rings. The molecule has 0 aromatic heterocycles. The number of esters is 2. The number of hydrogen-bond donors (Lipinski definition) is 0. The Labute approximate surface area is 176 Å². The zero-order chi connectivity index (χ0) is 22.5. The molecule has 0 radical (unpaired) electrons. The van der Waals surface area contributed by atoms with Gasteiger partial charge in [-0.3, -0.25) is 9.10 Å². The lowest BCUT2D eigenvalue weighted by molar-refractivity contribution is -0.141. The summed E-state index contributed by atoms with van der Waals surface area (Å²) in [5.74, 6) is -0.797. The smallest absolute Gasteiger partial charge is 0.337 e. The quantitative estimate of drug-likeness (QED) is 0.588. The van der Waals surface area contributed by atoms with Crippen molar-refractivity contribution in [2.45, 2.75) is 25.7 Å². The lowest BCUT2D eigenvalue weighted by Gasteiger charge is -2.26. The van der Waals surface area contributed by atoms with E-state index in [4.69, 9.17) is 14.2 Å². The summed E-state index contributed by atoms with van der Waals surface area (Å²) in [7, 11) is -1.44. The summed E-state index contributed by atoms with van der Waals surface area (Å²) in [5.41, 5.74) is 1.52. The van der Waals surface area contributed by atoms with Crippen molar-refractivity contribution in [2.24, 2.45) is 0 Å². The fraction of sp³-hybridized carbons (Fsp3) is 0.333. The van der Waals surface area contributed by atoms with E-state index in [0.717, 1.165) is 4.31 Å². The van der Waals surface area contributed by atoms with Crippen molar-refractivity contribution in [1.29, 1.82) is 0 Å². The number of hydrogen-bond acceptors (Lipinski definition) is 7. The molecule has 0 atom stereocenters. The second kappa shape index (κ2) is 9.62. The van der Waals surface area contributed by atoms with E-state index in [9.17, 15) is 18.0 Å². The number of sulfonamides is 1. The van der Waals surface area contributed by atoms with Crippen LogP contribution in [0.25, 0.3) is 0 Å². The Balaban J connectivity index is 2.65. The van der Waals surface area contributed by atoms with Gasteiger partial charge < -0.3 is 14.2 Å². The highest BCUT2D eigenvalue weighted by atomic mass is 32.2. The Hall–Kier alpha value is -3.07. The van der Waals surface area contributed by atoms with E-state index in [1.807, 2.05) is 0 Å². The highest BCUT2D eigenvalue weighted by Gasteiger charge is 2.30. The number of rotatable bonds is 8. The van der Waals surface area contributed by atoms with Crippen molar-refractivity contribution in [2.75, 3.05) is 31.7 Å². The third kappa shape index (κ3) is 4.91. The molecule has 2 rings (SSSR count). The molecule has 0 aliphatic heterocycles. The monoisotopic (exact) mass is 435 g/mol. The van der Waals surface area contributed by atoms with Crippen molar-refractivity contribution in [3.63, 3.8) is 0 Å². The zero-order valence-corrected chi connectivity index (χ0v) is 18.4. The number of carbonyl (C=O) groups is 2. The Morgan fingerprint density at radius 3 is 2.27 bits per heavy atom.